The van der Waals surface area contributed by atoms with E-state index in [1.165, 1.54) is 24.3 Å². The Labute approximate surface area is 224 Å². The van der Waals surface area contributed by atoms with Gasteiger partial charge in [0, 0.05) is 17.1 Å². The number of aliphatic hydroxyl groups is 1. The largest absolute Gasteiger partial charge is 0.462 e. The van der Waals surface area contributed by atoms with Gasteiger partial charge in [0.25, 0.3) is 0 Å². The van der Waals surface area contributed by atoms with E-state index < -0.39 is 21.9 Å². The second kappa shape index (κ2) is 12.7. The third-order valence-electron chi connectivity index (χ3n) is 5.54. The molecule has 0 unspecified atom stereocenters. The number of benzene rings is 3. The van der Waals surface area contributed by atoms with E-state index >= 15 is 0 Å². The Morgan fingerprint density at radius 1 is 1.03 bits per heavy atom. The second-order valence-corrected chi connectivity index (χ2v) is 11.3. The van der Waals surface area contributed by atoms with E-state index in [-0.39, 0.29) is 39.9 Å². The monoisotopic (exact) mass is 551 g/mol. The van der Waals surface area contributed by atoms with Crippen LogP contribution >= 0.6 is 24.0 Å². The quantitative estimate of drug-likeness (QED) is 0.327. The van der Waals surface area contributed by atoms with Gasteiger partial charge in [0.15, 0.2) is 0 Å². The van der Waals surface area contributed by atoms with E-state index in [0.29, 0.717) is 18.0 Å². The average Bonchev–Trinajstić information content (AvgIpc) is 2.83. The molecule has 0 saturated heterocycles. The third kappa shape index (κ3) is 7.79. The van der Waals surface area contributed by atoms with Gasteiger partial charge in [-0.3, -0.25) is 0 Å². The molecular formula is C27H31Cl2NO5S. The predicted octanol–water partition coefficient (Wildman–Crippen LogP) is 5.42. The molecule has 0 bridgehead atoms. The van der Waals surface area contributed by atoms with Crippen molar-refractivity contribution in [3.05, 3.63) is 94.5 Å². The lowest BCUT2D eigenvalue weighted by Gasteiger charge is -2.28. The molecule has 0 aliphatic rings. The molecule has 0 amide bonds. The van der Waals surface area contributed by atoms with Crippen molar-refractivity contribution in [1.29, 1.82) is 0 Å². The van der Waals surface area contributed by atoms with Crippen LogP contribution in [0.25, 0.3) is 0 Å². The molecule has 6 nitrogen and oxygen atoms in total. The number of nitrogens with one attached hydrogen (secondary N) is 1. The smallest absolute Gasteiger partial charge is 0.338 e. The van der Waals surface area contributed by atoms with E-state index in [0.717, 1.165) is 11.1 Å². The van der Waals surface area contributed by atoms with Crippen LogP contribution in [0.5, 0.6) is 0 Å². The van der Waals surface area contributed by atoms with Crippen LogP contribution in [0.15, 0.2) is 82.6 Å². The van der Waals surface area contributed by atoms with Crippen LogP contribution in [0.2, 0.25) is 5.02 Å². The average molecular weight is 553 g/mol. The Balaban J connectivity index is 0.00000456. The molecule has 3 rings (SSSR count). The number of aliphatic hydroxyl groups excluding tert-OH is 1. The molecule has 0 fully saturated rings. The molecule has 2 N–H and O–H groups in total. The highest BCUT2D eigenvalue weighted by Crippen LogP contribution is 2.24. The normalized spacial score (nSPS) is 12.5. The molecule has 194 valence electrons. The van der Waals surface area contributed by atoms with E-state index in [4.69, 9.17) is 16.3 Å². The first-order valence-corrected chi connectivity index (χ1v) is 13.2. The van der Waals surface area contributed by atoms with Gasteiger partial charge in [-0.25, -0.2) is 13.2 Å². The minimum Gasteiger partial charge on any atom is -0.462 e. The second-order valence-electron chi connectivity index (χ2n) is 8.91. The minimum atomic E-state index is -3.79. The highest BCUT2D eigenvalue weighted by molar-refractivity contribution is 7.91. The summed E-state index contributed by atoms with van der Waals surface area (Å²) in [6, 6.07) is 19.7. The molecular weight excluding hydrogens is 521 g/mol. The number of rotatable bonds is 10. The Morgan fingerprint density at radius 2 is 1.69 bits per heavy atom. The molecule has 3 aromatic carbocycles. The molecule has 3 aromatic rings. The van der Waals surface area contributed by atoms with Gasteiger partial charge >= 0.3 is 5.97 Å². The summed E-state index contributed by atoms with van der Waals surface area (Å²) in [5.74, 6) is -0.560. The number of hydrogen-bond acceptors (Lipinski definition) is 6. The third-order valence-corrected chi connectivity index (χ3v) is 7.55. The summed E-state index contributed by atoms with van der Waals surface area (Å²) in [6.07, 6.45) is -0.0839. The first-order chi connectivity index (χ1) is 16.5. The number of esters is 1. The van der Waals surface area contributed by atoms with Gasteiger partial charge in [0.2, 0.25) is 9.84 Å². The summed E-state index contributed by atoms with van der Waals surface area (Å²) in [6.45, 7) is 6.28. The molecule has 0 aromatic heterocycles. The van der Waals surface area contributed by atoms with Crippen molar-refractivity contribution in [2.75, 3.05) is 13.2 Å². The lowest BCUT2D eigenvalue weighted by Crippen LogP contribution is -2.43. The Morgan fingerprint density at radius 3 is 2.33 bits per heavy atom. The fraction of sp³-hybridized carbons (Fsp3) is 0.296. The lowest BCUT2D eigenvalue weighted by atomic mass is 9.94. The van der Waals surface area contributed by atoms with Crippen molar-refractivity contribution >= 4 is 39.8 Å². The number of hydrogen-bond donors (Lipinski definition) is 2. The number of carbonyl (C=O) groups excluding carboxylic acids is 1. The standard InChI is InChI=1S/C27H30ClNO5S.ClH/c1-4-34-26(31)21-8-6-10-24(16-21)35(32,33)23-13-11-19(12-14-23)17-27(2,3)29-18-25(30)20-7-5-9-22(28)15-20;/h5-16,25,29-30H,4,17-18H2,1-3H3;1H/t25-;/m1./s1. The number of β-amino-alcohol motifs (C(OH)–C–C–N with tert-alkyl or cyclic N) is 1. The Kier molecular flexibility index (Phi) is 10.5. The van der Waals surface area contributed by atoms with Crippen LogP contribution in [-0.4, -0.2) is 38.2 Å². The Hall–Kier alpha value is -2.42. The SMILES string of the molecule is CCOC(=O)c1cccc(S(=O)(=O)c2ccc(CC(C)(C)NC[C@@H](O)c3cccc(Cl)c3)cc2)c1.Cl. The molecule has 9 heteroatoms. The van der Waals surface area contributed by atoms with Crippen LogP contribution in [0, 0.1) is 0 Å². The number of carbonyl (C=O) groups is 1. The fourth-order valence-electron chi connectivity index (χ4n) is 3.70. The van der Waals surface area contributed by atoms with Crippen molar-refractivity contribution < 1.29 is 23.1 Å². The van der Waals surface area contributed by atoms with Gasteiger partial charge < -0.3 is 15.2 Å². The minimum absolute atomic E-state index is 0. The zero-order valence-electron chi connectivity index (χ0n) is 20.4. The molecule has 0 saturated carbocycles. The van der Waals surface area contributed by atoms with Crippen LogP contribution in [0.3, 0.4) is 0 Å². The Bertz CT molecular complexity index is 1280. The number of halogens is 2. The summed E-state index contributed by atoms with van der Waals surface area (Å²) in [5, 5.41) is 14.4. The highest BCUT2D eigenvalue weighted by atomic mass is 35.5. The maximum atomic E-state index is 13.1. The molecule has 0 radical (unpaired) electrons. The molecule has 36 heavy (non-hydrogen) atoms. The zero-order chi connectivity index (χ0) is 25.6. The van der Waals surface area contributed by atoms with E-state index in [9.17, 15) is 18.3 Å². The van der Waals surface area contributed by atoms with Crippen LogP contribution < -0.4 is 5.32 Å². The first-order valence-electron chi connectivity index (χ1n) is 11.3. The van der Waals surface area contributed by atoms with E-state index in [2.05, 4.69) is 5.32 Å². The zero-order valence-corrected chi connectivity index (χ0v) is 22.8. The van der Waals surface area contributed by atoms with Crippen molar-refractivity contribution in [3.8, 4) is 0 Å². The van der Waals surface area contributed by atoms with E-state index in [1.54, 1.807) is 49.4 Å². The van der Waals surface area contributed by atoms with E-state index in [1.807, 2.05) is 19.9 Å². The topological polar surface area (TPSA) is 92.7 Å². The van der Waals surface area contributed by atoms with Crippen molar-refractivity contribution in [2.24, 2.45) is 0 Å². The molecule has 0 heterocycles. The number of ether oxygens (including phenoxy) is 1. The fourth-order valence-corrected chi connectivity index (χ4v) is 5.21. The van der Waals surface area contributed by atoms with Gasteiger partial charge in [0.1, 0.15) is 0 Å². The molecule has 0 spiro atoms. The van der Waals surface area contributed by atoms with Crippen LogP contribution in [0.1, 0.15) is 48.4 Å². The highest BCUT2D eigenvalue weighted by Gasteiger charge is 2.22. The molecule has 1 atom stereocenters. The maximum Gasteiger partial charge on any atom is 0.338 e. The number of sulfone groups is 1. The first kappa shape index (κ1) is 29.8. The summed E-state index contributed by atoms with van der Waals surface area (Å²) in [4.78, 5) is 12.2. The predicted molar refractivity (Wildman–Crippen MR) is 144 cm³/mol. The van der Waals surface area contributed by atoms with Crippen LogP contribution in [0.4, 0.5) is 0 Å². The van der Waals surface area contributed by atoms with Crippen molar-refractivity contribution in [1.82, 2.24) is 5.32 Å². The maximum absolute atomic E-state index is 13.1. The van der Waals surface area contributed by atoms with Gasteiger partial charge in [-0.05, 0) is 80.8 Å². The lowest BCUT2D eigenvalue weighted by molar-refractivity contribution is 0.0526. The summed E-state index contributed by atoms with van der Waals surface area (Å²) in [5.41, 5.74) is 1.52. The van der Waals surface area contributed by atoms with Gasteiger partial charge in [-0.1, -0.05) is 41.9 Å². The van der Waals surface area contributed by atoms with Crippen molar-refractivity contribution in [3.63, 3.8) is 0 Å². The summed E-state index contributed by atoms with van der Waals surface area (Å²) < 4.78 is 31.2. The van der Waals surface area contributed by atoms with Gasteiger partial charge in [-0.2, -0.15) is 0 Å². The van der Waals surface area contributed by atoms with Gasteiger partial charge in [-0.15, -0.1) is 12.4 Å². The summed E-state index contributed by atoms with van der Waals surface area (Å²) >= 11 is 6.01. The molecule has 0 aliphatic carbocycles. The molecule has 0 aliphatic heterocycles. The van der Waals surface area contributed by atoms with Crippen molar-refractivity contribution in [2.45, 2.75) is 48.6 Å². The van der Waals surface area contributed by atoms with Gasteiger partial charge in [0.05, 0.1) is 28.1 Å². The van der Waals surface area contributed by atoms with Crippen LogP contribution in [-0.2, 0) is 21.0 Å². The summed E-state index contributed by atoms with van der Waals surface area (Å²) in [7, 11) is -3.79.